The Morgan fingerprint density at radius 3 is 3.08 bits per heavy atom. The zero-order chi connectivity index (χ0) is 9.10. The van der Waals surface area contributed by atoms with Gasteiger partial charge in [0, 0.05) is 18.3 Å². The number of nitrogens with one attached hydrogen (secondary N) is 1. The first-order valence-electron chi connectivity index (χ1n) is 4.76. The smallest absolute Gasteiger partial charge is 0.0304 e. The molecule has 0 aromatic heterocycles. The molecule has 0 fully saturated rings. The molecule has 0 spiro atoms. The third-order valence-electron chi connectivity index (χ3n) is 2.64. The Kier molecular flexibility index (Phi) is 2.87. The Hall–Kier alpha value is -0.530. The van der Waals surface area contributed by atoms with Crippen LogP contribution in [0.2, 0.25) is 0 Å². The van der Waals surface area contributed by atoms with E-state index >= 15 is 0 Å². The highest BCUT2D eigenvalue weighted by molar-refractivity contribution is 6.18. The average molecular weight is 196 g/mol. The second-order valence-corrected chi connectivity index (χ2v) is 3.81. The SMILES string of the molecule is ClC[C@@H]1CNCCc2ccccc21. The van der Waals surface area contributed by atoms with Gasteiger partial charge in [-0.05, 0) is 24.1 Å². The number of halogens is 1. The van der Waals surface area contributed by atoms with E-state index in [1.54, 1.807) is 0 Å². The molecule has 0 saturated heterocycles. The lowest BCUT2D eigenvalue weighted by Crippen LogP contribution is -2.20. The summed E-state index contributed by atoms with van der Waals surface area (Å²) in [6.45, 7) is 2.09. The van der Waals surface area contributed by atoms with Crippen molar-refractivity contribution in [2.45, 2.75) is 12.3 Å². The highest BCUT2D eigenvalue weighted by atomic mass is 35.5. The summed E-state index contributed by atoms with van der Waals surface area (Å²) in [6, 6.07) is 8.62. The maximum atomic E-state index is 5.94. The van der Waals surface area contributed by atoms with Crippen LogP contribution >= 0.6 is 11.6 Å². The van der Waals surface area contributed by atoms with Crippen LogP contribution in [0.25, 0.3) is 0 Å². The maximum absolute atomic E-state index is 5.94. The summed E-state index contributed by atoms with van der Waals surface area (Å²) in [6.07, 6.45) is 1.13. The summed E-state index contributed by atoms with van der Waals surface area (Å²) in [5.41, 5.74) is 2.89. The Morgan fingerprint density at radius 1 is 1.38 bits per heavy atom. The van der Waals surface area contributed by atoms with Crippen molar-refractivity contribution in [1.82, 2.24) is 5.32 Å². The predicted octanol–water partition coefficient (Wildman–Crippen LogP) is 2.15. The molecule has 13 heavy (non-hydrogen) atoms. The molecule has 70 valence electrons. The number of hydrogen-bond acceptors (Lipinski definition) is 1. The van der Waals surface area contributed by atoms with Crippen molar-refractivity contribution in [3.8, 4) is 0 Å². The van der Waals surface area contributed by atoms with Crippen molar-refractivity contribution < 1.29 is 0 Å². The zero-order valence-corrected chi connectivity index (χ0v) is 8.35. The fourth-order valence-electron chi connectivity index (χ4n) is 1.91. The molecular formula is C11H14ClN. The number of rotatable bonds is 1. The van der Waals surface area contributed by atoms with E-state index in [0.717, 1.165) is 19.5 Å². The minimum atomic E-state index is 0.486. The normalized spacial score (nSPS) is 22.1. The van der Waals surface area contributed by atoms with Gasteiger partial charge < -0.3 is 5.32 Å². The van der Waals surface area contributed by atoms with Gasteiger partial charge in [0.05, 0.1) is 0 Å². The molecular weight excluding hydrogens is 182 g/mol. The first-order chi connectivity index (χ1) is 6.42. The summed E-state index contributed by atoms with van der Waals surface area (Å²) in [5.74, 6) is 1.20. The van der Waals surface area contributed by atoms with Crippen LogP contribution in [0.1, 0.15) is 17.0 Å². The average Bonchev–Trinajstić information content (AvgIpc) is 2.39. The highest BCUT2D eigenvalue weighted by Crippen LogP contribution is 2.23. The second-order valence-electron chi connectivity index (χ2n) is 3.50. The van der Waals surface area contributed by atoms with Crippen LogP contribution in [0.4, 0.5) is 0 Å². The molecule has 2 rings (SSSR count). The number of benzene rings is 1. The molecule has 0 amide bonds. The van der Waals surface area contributed by atoms with Gasteiger partial charge in [0.25, 0.3) is 0 Å². The van der Waals surface area contributed by atoms with Gasteiger partial charge in [-0.3, -0.25) is 0 Å². The van der Waals surface area contributed by atoms with Crippen molar-refractivity contribution in [3.05, 3.63) is 35.4 Å². The molecule has 2 heteroatoms. The molecule has 1 aliphatic rings. The standard InChI is InChI=1S/C11H14ClN/c12-7-10-8-13-6-5-9-3-1-2-4-11(9)10/h1-4,10,13H,5-8H2/t10-/m1/s1. The molecule has 0 aliphatic carbocycles. The molecule has 0 radical (unpaired) electrons. The van der Waals surface area contributed by atoms with Crippen molar-refractivity contribution >= 4 is 11.6 Å². The molecule has 1 aliphatic heterocycles. The number of fused-ring (bicyclic) bond motifs is 1. The third kappa shape index (κ3) is 1.87. The molecule has 1 aromatic carbocycles. The molecule has 0 unspecified atom stereocenters. The van der Waals surface area contributed by atoms with Gasteiger partial charge >= 0.3 is 0 Å². The van der Waals surface area contributed by atoms with E-state index in [-0.39, 0.29) is 0 Å². The quantitative estimate of drug-likeness (QED) is 0.678. The molecule has 0 saturated carbocycles. The van der Waals surface area contributed by atoms with Crippen LogP contribution < -0.4 is 5.32 Å². The number of hydrogen-bond donors (Lipinski definition) is 1. The lowest BCUT2D eigenvalue weighted by atomic mass is 9.95. The predicted molar refractivity (Wildman–Crippen MR) is 56.5 cm³/mol. The van der Waals surface area contributed by atoms with Crippen molar-refractivity contribution in [3.63, 3.8) is 0 Å². The minimum Gasteiger partial charge on any atom is -0.316 e. The molecule has 1 N–H and O–H groups in total. The lowest BCUT2D eigenvalue weighted by molar-refractivity contribution is 0.647. The molecule has 1 atom stereocenters. The maximum Gasteiger partial charge on any atom is 0.0304 e. The fourth-order valence-corrected chi connectivity index (χ4v) is 2.18. The summed E-state index contributed by atoms with van der Waals surface area (Å²) in [4.78, 5) is 0. The van der Waals surface area contributed by atoms with Crippen LogP contribution in [-0.4, -0.2) is 19.0 Å². The van der Waals surface area contributed by atoms with Crippen LogP contribution in [0.3, 0.4) is 0 Å². The van der Waals surface area contributed by atoms with E-state index in [1.165, 1.54) is 11.1 Å². The van der Waals surface area contributed by atoms with Crippen molar-refractivity contribution in [1.29, 1.82) is 0 Å². The molecule has 0 bridgehead atoms. The Morgan fingerprint density at radius 2 is 2.23 bits per heavy atom. The van der Waals surface area contributed by atoms with E-state index in [2.05, 4.69) is 29.6 Å². The Labute approximate surface area is 84.1 Å². The zero-order valence-electron chi connectivity index (χ0n) is 7.59. The monoisotopic (exact) mass is 195 g/mol. The Balaban J connectivity index is 2.35. The van der Waals surface area contributed by atoms with Crippen molar-refractivity contribution in [2.75, 3.05) is 19.0 Å². The van der Waals surface area contributed by atoms with Crippen molar-refractivity contribution in [2.24, 2.45) is 0 Å². The largest absolute Gasteiger partial charge is 0.316 e. The first-order valence-corrected chi connectivity index (χ1v) is 5.29. The number of alkyl halides is 1. The second kappa shape index (κ2) is 4.12. The van der Waals surface area contributed by atoms with E-state index in [0.29, 0.717) is 11.8 Å². The van der Waals surface area contributed by atoms with Gasteiger partial charge in [0.1, 0.15) is 0 Å². The van der Waals surface area contributed by atoms with E-state index in [4.69, 9.17) is 11.6 Å². The molecule has 1 aromatic rings. The van der Waals surface area contributed by atoms with E-state index < -0.39 is 0 Å². The summed E-state index contributed by atoms with van der Waals surface area (Å²) in [7, 11) is 0. The first kappa shape index (κ1) is 9.04. The fraction of sp³-hybridized carbons (Fsp3) is 0.455. The minimum absolute atomic E-state index is 0.486. The third-order valence-corrected chi connectivity index (χ3v) is 3.02. The van der Waals surface area contributed by atoms with Gasteiger partial charge in [0.15, 0.2) is 0 Å². The van der Waals surface area contributed by atoms with Gasteiger partial charge in [0.2, 0.25) is 0 Å². The van der Waals surface area contributed by atoms with Crippen LogP contribution in [-0.2, 0) is 6.42 Å². The topological polar surface area (TPSA) is 12.0 Å². The molecule has 1 heterocycles. The summed E-state index contributed by atoms with van der Waals surface area (Å²) in [5, 5.41) is 3.41. The van der Waals surface area contributed by atoms with Gasteiger partial charge in [-0.1, -0.05) is 24.3 Å². The summed E-state index contributed by atoms with van der Waals surface area (Å²) >= 11 is 5.94. The van der Waals surface area contributed by atoms with Crippen LogP contribution in [0, 0.1) is 0 Å². The highest BCUT2D eigenvalue weighted by Gasteiger charge is 2.16. The van der Waals surface area contributed by atoms with E-state index in [9.17, 15) is 0 Å². The lowest BCUT2D eigenvalue weighted by Gasteiger charge is -2.13. The van der Waals surface area contributed by atoms with Gasteiger partial charge in [-0.15, -0.1) is 11.6 Å². The molecule has 1 nitrogen and oxygen atoms in total. The van der Waals surface area contributed by atoms with E-state index in [1.807, 2.05) is 0 Å². The van der Waals surface area contributed by atoms with Gasteiger partial charge in [-0.25, -0.2) is 0 Å². The van der Waals surface area contributed by atoms with Crippen LogP contribution in [0.5, 0.6) is 0 Å². The summed E-state index contributed by atoms with van der Waals surface area (Å²) < 4.78 is 0. The van der Waals surface area contributed by atoms with Crippen LogP contribution in [0.15, 0.2) is 24.3 Å². The van der Waals surface area contributed by atoms with Gasteiger partial charge in [-0.2, -0.15) is 0 Å². The Bertz CT molecular complexity index is 285.